The number of halogens is 1. The van der Waals surface area contributed by atoms with E-state index in [1.54, 1.807) is 6.92 Å². The zero-order valence-corrected chi connectivity index (χ0v) is 8.79. The highest BCUT2D eigenvalue weighted by atomic mass is 19.1. The van der Waals surface area contributed by atoms with Gasteiger partial charge in [0.25, 0.3) is 11.7 Å². The van der Waals surface area contributed by atoms with Crippen molar-refractivity contribution in [1.82, 2.24) is 0 Å². The molecule has 82 valence electrons. The van der Waals surface area contributed by atoms with Crippen LogP contribution in [0.3, 0.4) is 0 Å². The minimum absolute atomic E-state index is 0.237. The number of carbonyl (C=O) groups excluding carboxylic acids is 2. The van der Waals surface area contributed by atoms with Gasteiger partial charge in [-0.15, -0.1) is 0 Å². The highest BCUT2D eigenvalue weighted by Crippen LogP contribution is 2.29. The second-order valence-corrected chi connectivity index (χ2v) is 3.84. The highest BCUT2D eigenvalue weighted by molar-refractivity contribution is 6.52. The minimum Gasteiger partial charge on any atom is -0.301 e. The van der Waals surface area contributed by atoms with Gasteiger partial charge < -0.3 is 4.90 Å². The molecule has 0 radical (unpaired) electrons. The van der Waals surface area contributed by atoms with Crippen LogP contribution in [0.15, 0.2) is 30.4 Å². The highest BCUT2D eigenvalue weighted by Gasteiger charge is 2.35. The van der Waals surface area contributed by atoms with Crippen molar-refractivity contribution in [3.63, 3.8) is 0 Å². The van der Waals surface area contributed by atoms with Crippen molar-refractivity contribution < 1.29 is 14.0 Å². The van der Waals surface area contributed by atoms with Gasteiger partial charge in [-0.05, 0) is 25.1 Å². The van der Waals surface area contributed by atoms with E-state index >= 15 is 0 Å². The molecule has 1 aromatic carbocycles. The molecule has 1 aliphatic heterocycles. The number of ketones is 1. The van der Waals surface area contributed by atoms with Crippen LogP contribution in [0.1, 0.15) is 17.3 Å². The molecule has 4 heteroatoms. The number of amides is 1. The molecule has 1 amide bonds. The smallest absolute Gasteiger partial charge is 0.299 e. The van der Waals surface area contributed by atoms with Gasteiger partial charge in [-0.1, -0.05) is 12.2 Å². The Hall–Kier alpha value is -1.97. The molecule has 0 atom stereocenters. The van der Waals surface area contributed by atoms with E-state index in [0.29, 0.717) is 5.69 Å². The fourth-order valence-electron chi connectivity index (χ4n) is 1.69. The molecule has 0 saturated carbocycles. The summed E-state index contributed by atoms with van der Waals surface area (Å²) in [4.78, 5) is 24.4. The molecular formula is C12H10FNO2. The number of hydrogen-bond donors (Lipinski definition) is 0. The van der Waals surface area contributed by atoms with E-state index in [-0.39, 0.29) is 12.1 Å². The first-order valence-corrected chi connectivity index (χ1v) is 4.81. The Labute approximate surface area is 92.2 Å². The summed E-state index contributed by atoms with van der Waals surface area (Å²) in [5.74, 6) is -1.67. The molecule has 3 nitrogen and oxygen atoms in total. The van der Waals surface area contributed by atoms with Gasteiger partial charge in [0.05, 0.1) is 11.3 Å². The van der Waals surface area contributed by atoms with Crippen molar-refractivity contribution in [2.24, 2.45) is 0 Å². The lowest BCUT2D eigenvalue weighted by atomic mass is 10.1. The minimum atomic E-state index is -0.622. The topological polar surface area (TPSA) is 37.4 Å². The average molecular weight is 219 g/mol. The maximum atomic E-state index is 13.1. The Balaban J connectivity index is 2.51. The fraction of sp³-hybridized carbons (Fsp3) is 0.167. The molecule has 1 aromatic rings. The van der Waals surface area contributed by atoms with Gasteiger partial charge >= 0.3 is 0 Å². The fourth-order valence-corrected chi connectivity index (χ4v) is 1.69. The Morgan fingerprint density at radius 3 is 2.75 bits per heavy atom. The van der Waals surface area contributed by atoms with Gasteiger partial charge in [-0.3, -0.25) is 9.59 Å². The normalized spacial score (nSPS) is 14.2. The van der Waals surface area contributed by atoms with Gasteiger partial charge in [-0.2, -0.15) is 0 Å². The van der Waals surface area contributed by atoms with Crippen LogP contribution in [0, 0.1) is 5.82 Å². The number of benzene rings is 1. The predicted octanol–water partition coefficient (Wildman–Crippen LogP) is 1.93. The van der Waals surface area contributed by atoms with Crippen LogP contribution >= 0.6 is 0 Å². The second-order valence-electron chi connectivity index (χ2n) is 3.84. The molecule has 16 heavy (non-hydrogen) atoms. The van der Waals surface area contributed by atoms with Crippen LogP contribution in [0.5, 0.6) is 0 Å². The molecule has 0 aromatic heterocycles. The number of nitrogens with zero attached hydrogens (tertiary/aromatic N) is 1. The maximum absolute atomic E-state index is 13.1. The van der Waals surface area contributed by atoms with Crippen LogP contribution < -0.4 is 4.90 Å². The van der Waals surface area contributed by atoms with Gasteiger partial charge in [0.15, 0.2) is 0 Å². The van der Waals surface area contributed by atoms with E-state index in [4.69, 9.17) is 0 Å². The number of fused-ring (bicyclic) bond motifs is 1. The summed E-state index contributed by atoms with van der Waals surface area (Å²) >= 11 is 0. The van der Waals surface area contributed by atoms with Crippen molar-refractivity contribution >= 4 is 17.4 Å². The average Bonchev–Trinajstić information content (AvgIpc) is 2.43. The quantitative estimate of drug-likeness (QED) is 0.563. The van der Waals surface area contributed by atoms with E-state index in [0.717, 1.165) is 5.57 Å². The number of carbonyl (C=O) groups is 2. The lowest BCUT2D eigenvalue weighted by Crippen LogP contribution is -2.31. The lowest BCUT2D eigenvalue weighted by Gasteiger charge is -2.16. The van der Waals surface area contributed by atoms with Crippen LogP contribution in [0.25, 0.3) is 0 Å². The number of Topliss-reactive ketones (excluding diaryl/α,β-unsaturated/α-hetero) is 1. The summed E-state index contributed by atoms with van der Waals surface area (Å²) in [5.41, 5.74) is 1.32. The third-order valence-corrected chi connectivity index (χ3v) is 2.36. The van der Waals surface area contributed by atoms with Crippen LogP contribution in [0.2, 0.25) is 0 Å². The molecule has 2 rings (SSSR count). The molecule has 0 unspecified atom stereocenters. The van der Waals surface area contributed by atoms with E-state index in [1.165, 1.54) is 23.1 Å². The largest absolute Gasteiger partial charge is 0.301 e. The molecule has 0 fully saturated rings. The van der Waals surface area contributed by atoms with Gasteiger partial charge in [-0.25, -0.2) is 4.39 Å². The number of anilines is 1. The Bertz CT molecular complexity index is 508. The molecule has 0 bridgehead atoms. The standard InChI is InChI=1S/C12H10FNO2/c1-7(2)6-14-10-5-8(13)3-4-9(10)11(15)12(14)16/h3-5H,1,6H2,2H3. The number of rotatable bonds is 2. The molecular weight excluding hydrogens is 209 g/mol. The summed E-state index contributed by atoms with van der Waals surface area (Å²) < 4.78 is 13.1. The summed E-state index contributed by atoms with van der Waals surface area (Å²) in [7, 11) is 0. The zero-order chi connectivity index (χ0) is 11.9. The first kappa shape index (κ1) is 10.5. The Kier molecular flexibility index (Phi) is 2.34. The summed E-state index contributed by atoms with van der Waals surface area (Å²) in [6, 6.07) is 3.71. The zero-order valence-electron chi connectivity index (χ0n) is 8.79. The van der Waals surface area contributed by atoms with Crippen molar-refractivity contribution in [1.29, 1.82) is 0 Å². The van der Waals surface area contributed by atoms with E-state index in [1.807, 2.05) is 0 Å². The van der Waals surface area contributed by atoms with Crippen LogP contribution in [-0.2, 0) is 4.79 Å². The van der Waals surface area contributed by atoms with Crippen molar-refractivity contribution in [3.8, 4) is 0 Å². The third-order valence-electron chi connectivity index (χ3n) is 2.36. The van der Waals surface area contributed by atoms with Crippen LogP contribution in [0.4, 0.5) is 10.1 Å². The lowest BCUT2D eigenvalue weighted by molar-refractivity contribution is -0.114. The SMILES string of the molecule is C=C(C)CN1C(=O)C(=O)c2ccc(F)cc21. The van der Waals surface area contributed by atoms with Crippen LogP contribution in [-0.4, -0.2) is 18.2 Å². The van der Waals surface area contributed by atoms with Gasteiger partial charge in [0.1, 0.15) is 5.82 Å². The summed E-state index contributed by atoms with van der Waals surface area (Å²) in [5, 5.41) is 0. The maximum Gasteiger partial charge on any atom is 0.299 e. The Morgan fingerprint density at radius 2 is 2.12 bits per heavy atom. The molecule has 1 heterocycles. The predicted molar refractivity (Wildman–Crippen MR) is 57.9 cm³/mol. The van der Waals surface area contributed by atoms with Gasteiger partial charge in [0, 0.05) is 6.54 Å². The monoisotopic (exact) mass is 219 g/mol. The molecule has 1 aliphatic rings. The van der Waals surface area contributed by atoms with E-state index < -0.39 is 17.5 Å². The molecule has 0 N–H and O–H groups in total. The van der Waals surface area contributed by atoms with E-state index in [9.17, 15) is 14.0 Å². The first-order valence-electron chi connectivity index (χ1n) is 4.81. The first-order chi connectivity index (χ1) is 7.50. The molecule has 0 spiro atoms. The van der Waals surface area contributed by atoms with Crippen molar-refractivity contribution in [2.75, 3.05) is 11.4 Å². The van der Waals surface area contributed by atoms with Gasteiger partial charge in [0.2, 0.25) is 0 Å². The van der Waals surface area contributed by atoms with Crippen molar-refractivity contribution in [2.45, 2.75) is 6.92 Å². The molecule has 0 aliphatic carbocycles. The van der Waals surface area contributed by atoms with E-state index in [2.05, 4.69) is 6.58 Å². The third kappa shape index (κ3) is 1.52. The molecule has 0 saturated heterocycles. The van der Waals surface area contributed by atoms with Crippen molar-refractivity contribution in [3.05, 3.63) is 41.7 Å². The summed E-state index contributed by atoms with van der Waals surface area (Å²) in [6.45, 7) is 5.66. The number of hydrogen-bond acceptors (Lipinski definition) is 2. The second kappa shape index (κ2) is 3.56. The summed E-state index contributed by atoms with van der Waals surface area (Å²) in [6.07, 6.45) is 0. The Morgan fingerprint density at radius 1 is 1.44 bits per heavy atom.